The van der Waals surface area contributed by atoms with Gasteiger partial charge in [0.1, 0.15) is 6.61 Å². The zero-order valence-corrected chi connectivity index (χ0v) is 16.1. The molecule has 1 atom stereocenters. The highest BCUT2D eigenvalue weighted by molar-refractivity contribution is 6.30. The molecule has 5 nitrogen and oxygen atoms in total. The van der Waals surface area contributed by atoms with E-state index in [1.54, 1.807) is 14.0 Å². The molecule has 0 aliphatic carbocycles. The molecule has 0 radical (unpaired) electrons. The van der Waals surface area contributed by atoms with Crippen molar-refractivity contribution >= 4 is 11.6 Å². The van der Waals surface area contributed by atoms with E-state index < -0.39 is 0 Å². The number of benzene rings is 2. The second-order valence-electron chi connectivity index (χ2n) is 6.13. The van der Waals surface area contributed by atoms with Crippen LogP contribution in [-0.4, -0.2) is 38.0 Å². The first kappa shape index (κ1) is 20.5. The van der Waals surface area contributed by atoms with E-state index in [0.29, 0.717) is 29.7 Å². The van der Waals surface area contributed by atoms with Crippen LogP contribution in [0.3, 0.4) is 0 Å². The van der Waals surface area contributed by atoms with E-state index in [4.69, 9.17) is 21.1 Å². The normalized spacial score (nSPS) is 12.0. The number of halogens is 1. The van der Waals surface area contributed by atoms with Gasteiger partial charge in [-0.3, -0.25) is 0 Å². The Bertz CT molecular complexity index is 680. The number of hydrogen-bond acceptors (Lipinski definition) is 5. The van der Waals surface area contributed by atoms with Crippen LogP contribution in [0.15, 0.2) is 42.5 Å². The fraction of sp³-hybridized carbons (Fsp3) is 0.400. The summed E-state index contributed by atoms with van der Waals surface area (Å²) in [5, 5.41) is 16.4. The topological polar surface area (TPSA) is 62.8 Å². The van der Waals surface area contributed by atoms with Crippen molar-refractivity contribution in [3.63, 3.8) is 0 Å². The third kappa shape index (κ3) is 7.22. The highest BCUT2D eigenvalue weighted by Gasteiger charge is 2.06. The zero-order chi connectivity index (χ0) is 18.8. The van der Waals surface area contributed by atoms with Crippen LogP contribution in [0.25, 0.3) is 0 Å². The monoisotopic (exact) mass is 378 g/mol. The van der Waals surface area contributed by atoms with Crippen LogP contribution < -0.4 is 20.1 Å². The fourth-order valence-corrected chi connectivity index (χ4v) is 2.66. The number of methoxy groups -OCH3 is 1. The van der Waals surface area contributed by atoms with Crippen molar-refractivity contribution in [1.29, 1.82) is 0 Å². The maximum absolute atomic E-state index is 9.19. The van der Waals surface area contributed by atoms with Gasteiger partial charge in [-0.25, -0.2) is 0 Å². The van der Waals surface area contributed by atoms with E-state index in [0.717, 1.165) is 30.8 Å². The molecule has 0 saturated heterocycles. The molecule has 0 spiro atoms. The van der Waals surface area contributed by atoms with Gasteiger partial charge in [-0.15, -0.1) is 0 Å². The summed E-state index contributed by atoms with van der Waals surface area (Å²) in [7, 11) is 1.64. The molecule has 0 aromatic heterocycles. The minimum atomic E-state index is -0.321. The Morgan fingerprint density at radius 3 is 2.58 bits per heavy atom. The lowest BCUT2D eigenvalue weighted by Crippen LogP contribution is -2.31. The summed E-state index contributed by atoms with van der Waals surface area (Å²) in [5.74, 6) is 1.41. The summed E-state index contributed by atoms with van der Waals surface area (Å²) in [6, 6.07) is 13.5. The van der Waals surface area contributed by atoms with Gasteiger partial charge in [0, 0.05) is 31.2 Å². The van der Waals surface area contributed by atoms with E-state index in [1.165, 1.54) is 0 Å². The maximum Gasteiger partial charge on any atom is 0.161 e. The zero-order valence-electron chi connectivity index (χ0n) is 15.3. The lowest BCUT2D eigenvalue weighted by atomic mass is 10.2. The van der Waals surface area contributed by atoms with Crippen molar-refractivity contribution in [2.24, 2.45) is 0 Å². The number of aliphatic hydroxyl groups excluding tert-OH is 1. The highest BCUT2D eigenvalue weighted by Crippen LogP contribution is 2.29. The summed E-state index contributed by atoms with van der Waals surface area (Å²) in [4.78, 5) is 0. The third-order valence-electron chi connectivity index (χ3n) is 3.76. The number of aliphatic hydroxyl groups is 1. The Hall–Kier alpha value is -1.79. The van der Waals surface area contributed by atoms with Gasteiger partial charge in [0.2, 0.25) is 0 Å². The van der Waals surface area contributed by atoms with Gasteiger partial charge >= 0.3 is 0 Å². The standard InChI is InChI=1S/C20H27ClN2O3/c1-15(24)12-22-8-9-23-13-16-6-7-19(20(11-16)25-2)26-14-17-4-3-5-18(21)10-17/h3-7,10-11,15,22-24H,8-9,12-14H2,1-2H3. The molecule has 0 saturated carbocycles. The fourth-order valence-electron chi connectivity index (χ4n) is 2.45. The smallest absolute Gasteiger partial charge is 0.161 e. The van der Waals surface area contributed by atoms with Crippen LogP contribution in [0.2, 0.25) is 5.02 Å². The van der Waals surface area contributed by atoms with Gasteiger partial charge in [-0.2, -0.15) is 0 Å². The molecule has 0 amide bonds. The Morgan fingerprint density at radius 2 is 1.85 bits per heavy atom. The first-order chi connectivity index (χ1) is 12.6. The lowest BCUT2D eigenvalue weighted by Gasteiger charge is -2.13. The molecule has 2 aromatic carbocycles. The summed E-state index contributed by atoms with van der Waals surface area (Å²) in [6.07, 6.45) is -0.321. The summed E-state index contributed by atoms with van der Waals surface area (Å²) in [6.45, 7) is 5.17. The average Bonchev–Trinajstić information content (AvgIpc) is 2.63. The number of ether oxygens (including phenoxy) is 2. The second-order valence-corrected chi connectivity index (χ2v) is 6.57. The summed E-state index contributed by atoms with van der Waals surface area (Å²) in [5.41, 5.74) is 2.13. The second kappa shape index (κ2) is 11.0. The van der Waals surface area contributed by atoms with Crippen LogP contribution in [-0.2, 0) is 13.2 Å². The molecule has 0 fully saturated rings. The van der Waals surface area contributed by atoms with Crippen molar-refractivity contribution in [3.05, 3.63) is 58.6 Å². The van der Waals surface area contributed by atoms with Crippen molar-refractivity contribution in [2.75, 3.05) is 26.7 Å². The quantitative estimate of drug-likeness (QED) is 0.525. The predicted molar refractivity (Wildman–Crippen MR) is 105 cm³/mol. The minimum Gasteiger partial charge on any atom is -0.493 e. The van der Waals surface area contributed by atoms with Crippen LogP contribution in [0.1, 0.15) is 18.1 Å². The van der Waals surface area contributed by atoms with E-state index in [9.17, 15) is 5.11 Å². The van der Waals surface area contributed by atoms with Gasteiger partial charge in [0.05, 0.1) is 13.2 Å². The number of rotatable bonds is 11. The Kier molecular flexibility index (Phi) is 8.71. The van der Waals surface area contributed by atoms with Gasteiger partial charge in [-0.1, -0.05) is 29.8 Å². The first-order valence-electron chi connectivity index (χ1n) is 8.72. The molecule has 0 heterocycles. The SMILES string of the molecule is COc1cc(CNCCNCC(C)O)ccc1OCc1cccc(Cl)c1. The van der Waals surface area contributed by atoms with Crippen LogP contribution in [0.4, 0.5) is 0 Å². The average molecular weight is 379 g/mol. The largest absolute Gasteiger partial charge is 0.493 e. The first-order valence-corrected chi connectivity index (χ1v) is 9.10. The minimum absolute atomic E-state index is 0.321. The van der Waals surface area contributed by atoms with E-state index in [2.05, 4.69) is 10.6 Å². The molecule has 26 heavy (non-hydrogen) atoms. The molecule has 3 N–H and O–H groups in total. The van der Waals surface area contributed by atoms with Crippen molar-refractivity contribution < 1.29 is 14.6 Å². The van der Waals surface area contributed by atoms with Gasteiger partial charge < -0.3 is 25.2 Å². The number of nitrogens with one attached hydrogen (secondary N) is 2. The van der Waals surface area contributed by atoms with E-state index >= 15 is 0 Å². The van der Waals surface area contributed by atoms with Crippen LogP contribution in [0, 0.1) is 0 Å². The van der Waals surface area contributed by atoms with Crippen LogP contribution in [0.5, 0.6) is 11.5 Å². The molecule has 0 aliphatic heterocycles. The molecular weight excluding hydrogens is 352 g/mol. The van der Waals surface area contributed by atoms with Crippen molar-refractivity contribution in [2.45, 2.75) is 26.2 Å². The summed E-state index contributed by atoms with van der Waals surface area (Å²) >= 11 is 6.00. The van der Waals surface area contributed by atoms with Gasteiger partial charge in [-0.05, 0) is 42.3 Å². The molecular formula is C20H27ClN2O3. The molecule has 1 unspecified atom stereocenters. The van der Waals surface area contributed by atoms with Crippen molar-refractivity contribution in [1.82, 2.24) is 10.6 Å². The molecule has 0 aliphatic rings. The van der Waals surface area contributed by atoms with Gasteiger partial charge in [0.25, 0.3) is 0 Å². The van der Waals surface area contributed by atoms with E-state index in [-0.39, 0.29) is 6.10 Å². The summed E-state index contributed by atoms with van der Waals surface area (Å²) < 4.78 is 11.3. The van der Waals surface area contributed by atoms with Gasteiger partial charge in [0.15, 0.2) is 11.5 Å². The van der Waals surface area contributed by atoms with Crippen molar-refractivity contribution in [3.8, 4) is 11.5 Å². The predicted octanol–water partition coefficient (Wildman–Crippen LogP) is 2.99. The Balaban J connectivity index is 1.82. The molecule has 2 rings (SSSR count). The number of hydrogen-bond donors (Lipinski definition) is 3. The Morgan fingerprint density at radius 1 is 1.04 bits per heavy atom. The maximum atomic E-state index is 9.19. The van der Waals surface area contributed by atoms with E-state index in [1.807, 2.05) is 42.5 Å². The third-order valence-corrected chi connectivity index (χ3v) is 3.99. The molecule has 2 aromatic rings. The Labute approximate surface area is 160 Å². The molecule has 6 heteroatoms. The molecule has 0 bridgehead atoms. The lowest BCUT2D eigenvalue weighted by molar-refractivity contribution is 0.191. The highest BCUT2D eigenvalue weighted by atomic mass is 35.5. The van der Waals surface area contributed by atoms with Crippen LogP contribution >= 0.6 is 11.6 Å². The molecule has 142 valence electrons.